The third-order valence-electron chi connectivity index (χ3n) is 4.25. The number of hydrogen-bond acceptors (Lipinski definition) is 5. The van der Waals surface area contributed by atoms with Crippen molar-refractivity contribution < 1.29 is 23.1 Å². The minimum atomic E-state index is -0.921. The molecule has 2 aromatic carbocycles. The highest BCUT2D eigenvalue weighted by molar-refractivity contribution is 7.13. The number of fused-ring (bicyclic) bond motifs is 1. The first-order valence-corrected chi connectivity index (χ1v) is 9.75. The molecule has 0 saturated heterocycles. The summed E-state index contributed by atoms with van der Waals surface area (Å²) in [5.41, 5.74) is 1.30. The summed E-state index contributed by atoms with van der Waals surface area (Å²) >= 11 is 1.49. The van der Waals surface area contributed by atoms with Crippen LogP contribution < -0.4 is 5.32 Å². The molecule has 2 heterocycles. The van der Waals surface area contributed by atoms with E-state index in [9.17, 15) is 18.4 Å². The minimum absolute atomic E-state index is 0.202. The molecule has 150 valence electrons. The number of carbonyl (C=O) groups excluding carboxylic acids is 2. The van der Waals surface area contributed by atoms with E-state index in [0.717, 1.165) is 17.0 Å². The molecule has 4 aromatic rings. The van der Waals surface area contributed by atoms with E-state index in [1.54, 1.807) is 24.3 Å². The van der Waals surface area contributed by atoms with Crippen LogP contribution in [0.4, 0.5) is 14.5 Å². The number of rotatable bonds is 5. The van der Waals surface area contributed by atoms with Crippen LogP contribution in [0.15, 0.2) is 66.0 Å². The summed E-state index contributed by atoms with van der Waals surface area (Å²) in [5, 5.41) is 4.74. The number of halogens is 2. The highest BCUT2D eigenvalue weighted by Gasteiger charge is 2.17. The van der Waals surface area contributed by atoms with Crippen LogP contribution in [0.3, 0.4) is 0 Å². The molecule has 0 spiro atoms. The molecule has 0 fully saturated rings. The fourth-order valence-corrected chi connectivity index (χ4v) is 3.57. The van der Waals surface area contributed by atoms with Gasteiger partial charge in [0.1, 0.15) is 11.6 Å². The second-order valence-corrected chi connectivity index (χ2v) is 7.25. The van der Waals surface area contributed by atoms with Crippen LogP contribution in [0.1, 0.15) is 10.4 Å². The van der Waals surface area contributed by atoms with Crippen LogP contribution in [-0.4, -0.2) is 23.5 Å². The summed E-state index contributed by atoms with van der Waals surface area (Å²) in [6.07, 6.45) is 0. The number of esters is 1. The number of thiophene rings is 1. The predicted octanol–water partition coefficient (Wildman–Crippen LogP) is 5.04. The molecule has 1 N–H and O–H groups in total. The van der Waals surface area contributed by atoms with E-state index in [2.05, 4.69) is 10.3 Å². The van der Waals surface area contributed by atoms with Crippen LogP contribution >= 0.6 is 11.3 Å². The lowest BCUT2D eigenvalue weighted by molar-refractivity contribution is -0.119. The Hall–Kier alpha value is -3.65. The molecule has 0 aliphatic rings. The molecular formula is C22H14F2N2O3S. The second-order valence-electron chi connectivity index (χ2n) is 6.30. The second kappa shape index (κ2) is 8.38. The Bertz CT molecular complexity index is 1240. The smallest absolute Gasteiger partial charge is 0.339 e. The molecule has 0 aliphatic heterocycles. The van der Waals surface area contributed by atoms with Gasteiger partial charge in [0.25, 0.3) is 5.91 Å². The summed E-state index contributed by atoms with van der Waals surface area (Å²) in [6.45, 7) is -0.624. The number of amides is 1. The molecular weight excluding hydrogens is 410 g/mol. The molecule has 8 heteroatoms. The van der Waals surface area contributed by atoms with Crippen molar-refractivity contribution >= 4 is 39.8 Å². The lowest BCUT2D eigenvalue weighted by Gasteiger charge is -2.10. The molecule has 5 nitrogen and oxygen atoms in total. The Balaban J connectivity index is 1.53. The van der Waals surface area contributed by atoms with Crippen molar-refractivity contribution in [2.45, 2.75) is 0 Å². The zero-order valence-electron chi connectivity index (χ0n) is 15.4. The van der Waals surface area contributed by atoms with Gasteiger partial charge in [0, 0.05) is 11.5 Å². The van der Waals surface area contributed by atoms with Crippen molar-refractivity contribution in [3.8, 4) is 10.6 Å². The summed E-state index contributed by atoms with van der Waals surface area (Å²) in [7, 11) is 0. The van der Waals surface area contributed by atoms with Crippen molar-refractivity contribution in [2.24, 2.45) is 0 Å². The summed E-state index contributed by atoms with van der Waals surface area (Å²) in [4.78, 5) is 30.2. The number of nitrogens with zero attached hydrogens (tertiary/aromatic N) is 1. The van der Waals surface area contributed by atoms with Gasteiger partial charge in [0.15, 0.2) is 6.61 Å². The normalized spacial score (nSPS) is 10.7. The molecule has 0 unspecified atom stereocenters. The lowest BCUT2D eigenvalue weighted by Crippen LogP contribution is -2.21. The number of para-hydroxylation sites is 1. The van der Waals surface area contributed by atoms with Crippen molar-refractivity contribution in [2.75, 3.05) is 11.9 Å². The number of aromatic nitrogens is 1. The topological polar surface area (TPSA) is 68.3 Å². The Morgan fingerprint density at radius 2 is 1.87 bits per heavy atom. The summed E-state index contributed by atoms with van der Waals surface area (Å²) in [6, 6.07) is 15.3. The molecule has 2 aromatic heterocycles. The maximum Gasteiger partial charge on any atom is 0.339 e. The Labute approximate surface area is 173 Å². The van der Waals surface area contributed by atoms with Gasteiger partial charge in [-0.25, -0.2) is 18.6 Å². The van der Waals surface area contributed by atoms with Crippen molar-refractivity contribution in [1.82, 2.24) is 4.98 Å². The quantitative estimate of drug-likeness (QED) is 0.456. The van der Waals surface area contributed by atoms with Gasteiger partial charge in [-0.15, -0.1) is 11.3 Å². The molecule has 0 atom stereocenters. The van der Waals surface area contributed by atoms with E-state index >= 15 is 0 Å². The first-order chi connectivity index (χ1) is 14.5. The summed E-state index contributed by atoms with van der Waals surface area (Å²) < 4.78 is 31.8. The van der Waals surface area contributed by atoms with E-state index in [4.69, 9.17) is 4.74 Å². The number of carbonyl (C=O) groups is 2. The first-order valence-electron chi connectivity index (χ1n) is 8.87. The zero-order chi connectivity index (χ0) is 21.1. The number of anilines is 1. The Morgan fingerprint density at radius 1 is 1.03 bits per heavy atom. The van der Waals surface area contributed by atoms with E-state index in [0.29, 0.717) is 22.7 Å². The van der Waals surface area contributed by atoms with Crippen LogP contribution in [0.25, 0.3) is 21.5 Å². The molecule has 4 rings (SSSR count). The highest BCUT2D eigenvalue weighted by Crippen LogP contribution is 2.28. The fraction of sp³-hybridized carbons (Fsp3) is 0.0455. The molecule has 1 amide bonds. The van der Waals surface area contributed by atoms with Crippen LogP contribution in [0.5, 0.6) is 0 Å². The van der Waals surface area contributed by atoms with Gasteiger partial charge in [-0.3, -0.25) is 4.79 Å². The summed E-state index contributed by atoms with van der Waals surface area (Å²) in [5.74, 6) is -3.13. The Kier molecular flexibility index (Phi) is 5.49. The van der Waals surface area contributed by atoms with Crippen LogP contribution in [0, 0.1) is 11.6 Å². The maximum absolute atomic E-state index is 13.7. The third kappa shape index (κ3) is 4.18. The van der Waals surface area contributed by atoms with Gasteiger partial charge in [-0.1, -0.05) is 24.3 Å². The zero-order valence-corrected chi connectivity index (χ0v) is 16.2. The minimum Gasteiger partial charge on any atom is -0.452 e. The molecule has 0 radical (unpaired) electrons. The molecule has 0 aliphatic carbocycles. The predicted molar refractivity (Wildman–Crippen MR) is 110 cm³/mol. The van der Waals surface area contributed by atoms with Gasteiger partial charge in [-0.05, 0) is 35.7 Å². The van der Waals surface area contributed by atoms with Gasteiger partial charge in [0.05, 0.1) is 27.3 Å². The number of pyridine rings is 1. The number of ether oxygens (including phenoxy) is 1. The Morgan fingerprint density at radius 3 is 2.63 bits per heavy atom. The highest BCUT2D eigenvalue weighted by atomic mass is 32.1. The van der Waals surface area contributed by atoms with E-state index in [1.165, 1.54) is 11.3 Å². The molecule has 0 saturated carbocycles. The average Bonchev–Trinajstić information content (AvgIpc) is 3.28. The SMILES string of the molecule is O=C(COC(=O)c1cc(-c2cccs2)nc2ccccc12)Nc1ccc(F)cc1F. The maximum atomic E-state index is 13.7. The monoisotopic (exact) mass is 424 g/mol. The van der Waals surface area contributed by atoms with Crippen molar-refractivity contribution in [1.29, 1.82) is 0 Å². The van der Waals surface area contributed by atoms with Gasteiger partial charge >= 0.3 is 5.97 Å². The first kappa shape index (κ1) is 19.7. The van der Waals surface area contributed by atoms with E-state index < -0.39 is 30.1 Å². The van der Waals surface area contributed by atoms with Crippen LogP contribution in [-0.2, 0) is 9.53 Å². The van der Waals surface area contributed by atoms with Crippen LogP contribution in [0.2, 0.25) is 0 Å². The van der Waals surface area contributed by atoms with Crippen molar-refractivity contribution in [3.05, 3.63) is 83.2 Å². The van der Waals surface area contributed by atoms with Gasteiger partial charge in [0.2, 0.25) is 0 Å². The standard InChI is InChI=1S/C22H14F2N2O3S/c23-13-7-8-18(16(24)10-13)26-21(27)12-29-22(28)15-11-19(20-6-3-9-30-20)25-17-5-2-1-4-14(15)17/h1-11H,12H2,(H,26,27). The van der Waals surface area contributed by atoms with E-state index in [-0.39, 0.29) is 11.3 Å². The average molecular weight is 424 g/mol. The van der Waals surface area contributed by atoms with Crippen molar-refractivity contribution in [3.63, 3.8) is 0 Å². The molecule has 0 bridgehead atoms. The molecule has 30 heavy (non-hydrogen) atoms. The van der Waals surface area contributed by atoms with E-state index in [1.807, 2.05) is 23.6 Å². The van der Waals surface area contributed by atoms with Gasteiger partial charge < -0.3 is 10.1 Å². The van der Waals surface area contributed by atoms with Gasteiger partial charge in [-0.2, -0.15) is 0 Å². The fourth-order valence-electron chi connectivity index (χ4n) is 2.88. The third-order valence-corrected chi connectivity index (χ3v) is 5.14. The largest absolute Gasteiger partial charge is 0.452 e. The number of hydrogen-bond donors (Lipinski definition) is 1. The number of nitrogens with one attached hydrogen (secondary N) is 1. The number of benzene rings is 2. The lowest BCUT2D eigenvalue weighted by atomic mass is 10.1.